The predicted molar refractivity (Wildman–Crippen MR) is 98.9 cm³/mol. The number of nitrogens with zero attached hydrogens (tertiary/aromatic N) is 1. The van der Waals surface area contributed by atoms with E-state index in [9.17, 15) is 13.2 Å². The predicted octanol–water partition coefficient (Wildman–Crippen LogP) is 3.23. The van der Waals surface area contributed by atoms with Gasteiger partial charge in [-0.3, -0.25) is 4.79 Å². The van der Waals surface area contributed by atoms with Crippen LogP contribution in [0.5, 0.6) is 0 Å². The molecule has 1 N–H and O–H groups in total. The Kier molecular flexibility index (Phi) is 6.58. The lowest BCUT2D eigenvalue weighted by Gasteiger charge is -2.21. The van der Waals surface area contributed by atoms with Crippen molar-refractivity contribution in [2.45, 2.75) is 24.8 Å². The largest absolute Gasteiger partial charge is 0.348 e. The van der Waals surface area contributed by atoms with Gasteiger partial charge >= 0.3 is 0 Å². The molecule has 7 heteroatoms. The fraction of sp³-hybridized carbons (Fsp3) is 0.278. The third-order valence-electron chi connectivity index (χ3n) is 3.80. The van der Waals surface area contributed by atoms with Gasteiger partial charge in [-0.15, -0.1) is 0 Å². The Morgan fingerprint density at radius 3 is 2.28 bits per heavy atom. The fourth-order valence-electron chi connectivity index (χ4n) is 2.39. The first-order chi connectivity index (χ1) is 11.8. The summed E-state index contributed by atoms with van der Waals surface area (Å²) in [7, 11) is -3.70. The lowest BCUT2D eigenvalue weighted by Crippen LogP contribution is -2.41. The highest BCUT2D eigenvalue weighted by atomic mass is 35.5. The molecular weight excluding hydrogens is 360 g/mol. The van der Waals surface area contributed by atoms with Crippen LogP contribution in [0.2, 0.25) is 5.02 Å². The molecule has 0 saturated heterocycles. The maximum atomic E-state index is 12.6. The van der Waals surface area contributed by atoms with E-state index >= 15 is 0 Å². The van der Waals surface area contributed by atoms with Crippen LogP contribution in [0.4, 0.5) is 0 Å². The molecule has 2 rings (SSSR count). The molecule has 134 valence electrons. The van der Waals surface area contributed by atoms with Gasteiger partial charge in [0.25, 0.3) is 0 Å². The van der Waals surface area contributed by atoms with E-state index in [1.54, 1.807) is 37.3 Å². The molecule has 0 fully saturated rings. The van der Waals surface area contributed by atoms with Crippen molar-refractivity contribution < 1.29 is 13.2 Å². The van der Waals surface area contributed by atoms with E-state index in [1.165, 1.54) is 12.1 Å². The Balaban J connectivity index is 2.06. The second-order valence-electron chi connectivity index (χ2n) is 5.59. The van der Waals surface area contributed by atoms with Crippen molar-refractivity contribution in [2.75, 3.05) is 13.1 Å². The average Bonchev–Trinajstić information content (AvgIpc) is 2.60. The zero-order valence-corrected chi connectivity index (χ0v) is 15.7. The van der Waals surface area contributed by atoms with Gasteiger partial charge < -0.3 is 5.32 Å². The molecule has 0 heterocycles. The van der Waals surface area contributed by atoms with E-state index < -0.39 is 10.0 Å². The molecule has 5 nitrogen and oxygen atoms in total. The minimum absolute atomic E-state index is 0.176. The Labute approximate surface area is 153 Å². The van der Waals surface area contributed by atoms with Gasteiger partial charge in [0.05, 0.1) is 17.5 Å². The molecule has 0 spiro atoms. The van der Waals surface area contributed by atoms with Crippen LogP contribution in [0.25, 0.3) is 0 Å². The van der Waals surface area contributed by atoms with Crippen molar-refractivity contribution in [2.24, 2.45) is 0 Å². The zero-order valence-electron chi connectivity index (χ0n) is 14.1. The van der Waals surface area contributed by atoms with Crippen molar-refractivity contribution in [3.8, 4) is 0 Å². The number of rotatable bonds is 7. The molecule has 0 unspecified atom stereocenters. The Morgan fingerprint density at radius 1 is 1.12 bits per heavy atom. The van der Waals surface area contributed by atoms with E-state index in [1.807, 2.05) is 19.1 Å². The molecule has 0 radical (unpaired) electrons. The fourth-order valence-corrected chi connectivity index (χ4v) is 3.94. The van der Waals surface area contributed by atoms with E-state index in [-0.39, 0.29) is 29.9 Å². The number of hydrogen-bond acceptors (Lipinski definition) is 3. The molecule has 2 aromatic rings. The van der Waals surface area contributed by atoms with Gasteiger partial charge in [-0.05, 0) is 36.8 Å². The second kappa shape index (κ2) is 8.47. The first-order valence-corrected chi connectivity index (χ1v) is 9.76. The van der Waals surface area contributed by atoms with Crippen LogP contribution in [0.15, 0.2) is 59.5 Å². The Bertz CT molecular complexity index is 808. The second-order valence-corrected chi connectivity index (χ2v) is 7.96. The number of hydrogen-bond donors (Lipinski definition) is 1. The van der Waals surface area contributed by atoms with Gasteiger partial charge in [0.15, 0.2) is 0 Å². The van der Waals surface area contributed by atoms with E-state index in [2.05, 4.69) is 5.32 Å². The molecular formula is C18H21ClN2O3S. The maximum absolute atomic E-state index is 12.6. The number of benzene rings is 2. The van der Waals surface area contributed by atoms with Crippen LogP contribution >= 0.6 is 11.6 Å². The number of nitrogens with one attached hydrogen (secondary N) is 1. The van der Waals surface area contributed by atoms with E-state index in [4.69, 9.17) is 11.6 Å². The zero-order chi connectivity index (χ0) is 18.4. The summed E-state index contributed by atoms with van der Waals surface area (Å²) in [6.45, 7) is 3.52. The summed E-state index contributed by atoms with van der Waals surface area (Å²) in [4.78, 5) is 12.5. The lowest BCUT2D eigenvalue weighted by atomic mass is 10.1. The third-order valence-corrected chi connectivity index (χ3v) is 5.99. The maximum Gasteiger partial charge on any atom is 0.243 e. The summed E-state index contributed by atoms with van der Waals surface area (Å²) in [6.07, 6.45) is 0. The monoisotopic (exact) mass is 380 g/mol. The third kappa shape index (κ3) is 5.04. The van der Waals surface area contributed by atoms with E-state index in [0.717, 1.165) is 9.87 Å². The van der Waals surface area contributed by atoms with Crippen molar-refractivity contribution >= 4 is 27.5 Å². The number of amides is 1. The van der Waals surface area contributed by atoms with Crippen molar-refractivity contribution in [1.29, 1.82) is 0 Å². The highest BCUT2D eigenvalue weighted by molar-refractivity contribution is 7.89. The van der Waals surface area contributed by atoms with Gasteiger partial charge in [-0.25, -0.2) is 8.42 Å². The standard InChI is InChI=1S/C18H21ClN2O3S/c1-3-21(25(23,24)17-7-5-4-6-8-17)13-18(22)20-14(2)15-9-11-16(19)12-10-15/h4-12,14H,3,13H2,1-2H3,(H,20,22)/t14-/m0/s1. The first-order valence-electron chi connectivity index (χ1n) is 7.94. The summed E-state index contributed by atoms with van der Waals surface area (Å²) in [6, 6.07) is 15.0. The molecule has 2 aromatic carbocycles. The summed E-state index contributed by atoms with van der Waals surface area (Å²) in [5.41, 5.74) is 0.895. The molecule has 0 bridgehead atoms. The lowest BCUT2D eigenvalue weighted by molar-refractivity contribution is -0.121. The van der Waals surface area contributed by atoms with Crippen LogP contribution in [0, 0.1) is 0 Å². The number of halogens is 1. The number of sulfonamides is 1. The summed E-state index contributed by atoms with van der Waals surface area (Å²) >= 11 is 5.86. The molecule has 0 aliphatic heterocycles. The molecule has 0 aromatic heterocycles. The van der Waals surface area contributed by atoms with Gasteiger partial charge in [-0.1, -0.05) is 48.9 Å². The van der Waals surface area contributed by atoms with E-state index in [0.29, 0.717) is 5.02 Å². The molecule has 0 saturated carbocycles. The van der Waals surface area contributed by atoms with Crippen LogP contribution in [0.1, 0.15) is 25.5 Å². The molecule has 0 aliphatic carbocycles. The highest BCUT2D eigenvalue weighted by Crippen LogP contribution is 2.17. The van der Waals surface area contributed by atoms with Crippen LogP contribution in [-0.4, -0.2) is 31.7 Å². The minimum Gasteiger partial charge on any atom is -0.348 e. The van der Waals surface area contributed by atoms with Gasteiger partial charge in [0, 0.05) is 11.6 Å². The number of likely N-dealkylation sites (N-methyl/N-ethyl adjacent to an activating group) is 1. The summed E-state index contributed by atoms with van der Waals surface area (Å²) in [5.74, 6) is -0.358. The van der Waals surface area contributed by atoms with Crippen LogP contribution in [0.3, 0.4) is 0 Å². The van der Waals surface area contributed by atoms with Gasteiger partial charge in [-0.2, -0.15) is 4.31 Å². The number of carbonyl (C=O) groups excluding carboxylic acids is 1. The topological polar surface area (TPSA) is 66.5 Å². The van der Waals surface area contributed by atoms with Gasteiger partial charge in [0.1, 0.15) is 0 Å². The molecule has 25 heavy (non-hydrogen) atoms. The normalized spacial score (nSPS) is 12.8. The Hall–Kier alpha value is -1.89. The van der Waals surface area contributed by atoms with Crippen molar-refractivity contribution in [3.63, 3.8) is 0 Å². The van der Waals surface area contributed by atoms with Gasteiger partial charge in [0.2, 0.25) is 15.9 Å². The molecule has 0 aliphatic rings. The average molecular weight is 381 g/mol. The van der Waals surface area contributed by atoms with Crippen LogP contribution < -0.4 is 5.32 Å². The van der Waals surface area contributed by atoms with Crippen molar-refractivity contribution in [3.05, 3.63) is 65.2 Å². The molecule has 1 atom stereocenters. The number of carbonyl (C=O) groups is 1. The Morgan fingerprint density at radius 2 is 1.72 bits per heavy atom. The molecule has 1 amide bonds. The smallest absolute Gasteiger partial charge is 0.243 e. The van der Waals surface area contributed by atoms with Crippen LogP contribution in [-0.2, 0) is 14.8 Å². The summed E-state index contributed by atoms with van der Waals surface area (Å²) in [5, 5.41) is 3.43. The first kappa shape index (κ1) is 19.4. The highest BCUT2D eigenvalue weighted by Gasteiger charge is 2.25. The SMILES string of the molecule is CCN(CC(=O)N[C@@H](C)c1ccc(Cl)cc1)S(=O)(=O)c1ccccc1. The minimum atomic E-state index is -3.70. The van der Waals surface area contributed by atoms with Crippen molar-refractivity contribution in [1.82, 2.24) is 9.62 Å². The quantitative estimate of drug-likeness (QED) is 0.801. The summed E-state index contributed by atoms with van der Waals surface area (Å²) < 4.78 is 26.4.